The number of nitrogens with one attached hydrogen (secondary N) is 1. The van der Waals surface area contributed by atoms with Crippen LogP contribution in [0, 0.1) is 0 Å². The van der Waals surface area contributed by atoms with Crippen LogP contribution in [0.3, 0.4) is 0 Å². The molecule has 0 unspecified atom stereocenters. The molecule has 1 amide bonds. The monoisotopic (exact) mass is 325 g/mol. The molecule has 2 heterocycles. The Morgan fingerprint density at radius 1 is 1.04 bits per heavy atom. The number of hydrogen-bond acceptors (Lipinski definition) is 5. The number of benzene rings is 1. The molecule has 0 saturated heterocycles. The van der Waals surface area contributed by atoms with E-state index in [-0.39, 0.29) is 5.91 Å². The highest BCUT2D eigenvalue weighted by molar-refractivity contribution is 7.98. The van der Waals surface area contributed by atoms with E-state index >= 15 is 0 Å². The first-order chi connectivity index (χ1) is 11.2. The van der Waals surface area contributed by atoms with Crippen molar-refractivity contribution in [3.63, 3.8) is 0 Å². The number of hydrogen-bond donors (Lipinski definition) is 1. The van der Waals surface area contributed by atoms with Crippen LogP contribution >= 0.6 is 11.8 Å². The third kappa shape index (κ3) is 3.43. The van der Waals surface area contributed by atoms with Crippen LogP contribution in [0.25, 0.3) is 11.0 Å². The fourth-order valence-corrected chi connectivity index (χ4v) is 2.48. The van der Waals surface area contributed by atoms with E-state index in [9.17, 15) is 4.79 Å². The van der Waals surface area contributed by atoms with E-state index in [1.807, 2.05) is 24.5 Å². The second-order valence-electron chi connectivity index (χ2n) is 4.78. The topological polar surface area (TPSA) is 64.1 Å². The molecule has 0 aliphatic rings. The molecule has 0 atom stereocenters. The van der Waals surface area contributed by atoms with Crippen molar-refractivity contribution >= 4 is 34.5 Å². The standard InChI is InChI=1S/C17H15N3O2S/c1-22-13-7-3-12(4-8-13)17(21)19-14-9-5-11-6-10-15(23-2)20-16(11)18-14/h3-10H,1-2H3,(H,18,19,20,21). The van der Waals surface area contributed by atoms with Gasteiger partial charge in [-0.1, -0.05) is 0 Å². The Hall–Kier alpha value is -2.60. The zero-order valence-electron chi connectivity index (χ0n) is 12.7. The predicted molar refractivity (Wildman–Crippen MR) is 92.3 cm³/mol. The van der Waals surface area contributed by atoms with Crippen molar-refractivity contribution in [2.75, 3.05) is 18.7 Å². The van der Waals surface area contributed by atoms with Crippen LogP contribution in [0.5, 0.6) is 5.75 Å². The number of aromatic nitrogens is 2. The Morgan fingerprint density at radius 2 is 1.78 bits per heavy atom. The number of amides is 1. The lowest BCUT2D eigenvalue weighted by molar-refractivity contribution is 0.102. The highest BCUT2D eigenvalue weighted by Gasteiger charge is 2.08. The first-order valence-electron chi connectivity index (χ1n) is 6.97. The number of thioether (sulfide) groups is 1. The molecule has 0 bridgehead atoms. The van der Waals surface area contributed by atoms with Crippen molar-refractivity contribution < 1.29 is 9.53 Å². The van der Waals surface area contributed by atoms with E-state index in [4.69, 9.17) is 4.74 Å². The lowest BCUT2D eigenvalue weighted by Crippen LogP contribution is -2.12. The van der Waals surface area contributed by atoms with Crippen molar-refractivity contribution in [3.8, 4) is 5.75 Å². The van der Waals surface area contributed by atoms with E-state index in [1.165, 1.54) is 0 Å². The molecular formula is C17H15N3O2S. The highest BCUT2D eigenvalue weighted by Crippen LogP contribution is 2.19. The smallest absolute Gasteiger partial charge is 0.256 e. The predicted octanol–water partition coefficient (Wildman–Crippen LogP) is 3.61. The SMILES string of the molecule is COc1ccc(C(=O)Nc2ccc3ccc(SC)nc3n2)cc1. The summed E-state index contributed by atoms with van der Waals surface area (Å²) < 4.78 is 5.08. The molecule has 0 radical (unpaired) electrons. The van der Waals surface area contributed by atoms with Crippen LogP contribution < -0.4 is 10.1 Å². The molecule has 0 spiro atoms. The van der Waals surface area contributed by atoms with Crippen LogP contribution in [0.15, 0.2) is 53.6 Å². The van der Waals surface area contributed by atoms with Gasteiger partial charge in [0, 0.05) is 10.9 Å². The molecule has 0 fully saturated rings. The zero-order chi connectivity index (χ0) is 16.2. The minimum absolute atomic E-state index is 0.222. The zero-order valence-corrected chi connectivity index (χ0v) is 13.6. The highest BCUT2D eigenvalue weighted by atomic mass is 32.2. The average Bonchev–Trinajstić information content (AvgIpc) is 2.61. The van der Waals surface area contributed by atoms with Gasteiger partial charge in [-0.2, -0.15) is 0 Å². The molecule has 116 valence electrons. The number of carbonyl (C=O) groups excluding carboxylic acids is 1. The van der Waals surface area contributed by atoms with Crippen LogP contribution in [0.2, 0.25) is 0 Å². The number of anilines is 1. The lowest BCUT2D eigenvalue weighted by Gasteiger charge is -2.07. The molecule has 5 nitrogen and oxygen atoms in total. The summed E-state index contributed by atoms with van der Waals surface area (Å²) in [7, 11) is 1.59. The Labute approximate surface area is 138 Å². The van der Waals surface area contributed by atoms with Crippen molar-refractivity contribution in [1.29, 1.82) is 0 Å². The van der Waals surface area contributed by atoms with Crippen LogP contribution in [-0.4, -0.2) is 29.2 Å². The number of carbonyl (C=O) groups is 1. The van der Waals surface area contributed by atoms with Crippen molar-refractivity contribution in [3.05, 3.63) is 54.1 Å². The summed E-state index contributed by atoms with van der Waals surface area (Å²) >= 11 is 1.55. The average molecular weight is 325 g/mol. The van der Waals surface area contributed by atoms with Gasteiger partial charge in [0.1, 0.15) is 11.6 Å². The summed E-state index contributed by atoms with van der Waals surface area (Å²) in [4.78, 5) is 21.1. The van der Waals surface area contributed by atoms with E-state index in [1.54, 1.807) is 49.2 Å². The fraction of sp³-hybridized carbons (Fsp3) is 0.118. The first kappa shape index (κ1) is 15.3. The largest absolute Gasteiger partial charge is 0.497 e. The molecule has 3 aromatic rings. The van der Waals surface area contributed by atoms with Crippen molar-refractivity contribution in [2.45, 2.75) is 5.03 Å². The van der Waals surface area contributed by atoms with E-state index in [0.29, 0.717) is 22.8 Å². The van der Waals surface area contributed by atoms with Gasteiger partial charge in [-0.15, -0.1) is 11.8 Å². The van der Waals surface area contributed by atoms with Gasteiger partial charge in [0.25, 0.3) is 5.91 Å². The van der Waals surface area contributed by atoms with Gasteiger partial charge in [-0.05, 0) is 54.8 Å². The third-order valence-electron chi connectivity index (χ3n) is 3.33. The van der Waals surface area contributed by atoms with Crippen LogP contribution in [0.1, 0.15) is 10.4 Å². The Balaban J connectivity index is 1.83. The number of nitrogens with zero attached hydrogens (tertiary/aromatic N) is 2. The summed E-state index contributed by atoms with van der Waals surface area (Å²) in [5.74, 6) is 0.962. The molecule has 1 N–H and O–H groups in total. The second kappa shape index (κ2) is 6.66. The molecule has 2 aromatic heterocycles. The molecule has 0 aliphatic carbocycles. The fourth-order valence-electron chi connectivity index (χ4n) is 2.10. The Kier molecular flexibility index (Phi) is 4.43. The first-order valence-corrected chi connectivity index (χ1v) is 8.19. The van der Waals surface area contributed by atoms with Crippen LogP contribution in [0.4, 0.5) is 5.82 Å². The molecular weight excluding hydrogens is 310 g/mol. The van der Waals surface area contributed by atoms with Crippen molar-refractivity contribution in [1.82, 2.24) is 9.97 Å². The summed E-state index contributed by atoms with van der Waals surface area (Å²) in [6, 6.07) is 14.5. The summed E-state index contributed by atoms with van der Waals surface area (Å²) in [5.41, 5.74) is 1.16. The number of methoxy groups -OCH3 is 1. The maximum Gasteiger partial charge on any atom is 0.256 e. The number of ether oxygens (including phenoxy) is 1. The molecule has 1 aromatic carbocycles. The van der Waals surface area contributed by atoms with Gasteiger partial charge in [-0.3, -0.25) is 4.79 Å². The third-order valence-corrected chi connectivity index (χ3v) is 3.98. The summed E-state index contributed by atoms with van der Waals surface area (Å²) in [6.45, 7) is 0. The van der Waals surface area contributed by atoms with Gasteiger partial charge >= 0.3 is 0 Å². The Morgan fingerprint density at radius 3 is 2.48 bits per heavy atom. The van der Waals surface area contributed by atoms with E-state index in [2.05, 4.69) is 15.3 Å². The van der Waals surface area contributed by atoms with Gasteiger partial charge in [-0.25, -0.2) is 9.97 Å². The maximum atomic E-state index is 12.3. The minimum atomic E-state index is -0.222. The summed E-state index contributed by atoms with van der Waals surface area (Å²) in [6.07, 6.45) is 1.96. The quantitative estimate of drug-likeness (QED) is 0.742. The molecule has 6 heteroatoms. The number of rotatable bonds is 4. The van der Waals surface area contributed by atoms with Gasteiger partial charge in [0.15, 0.2) is 5.65 Å². The van der Waals surface area contributed by atoms with Gasteiger partial charge < -0.3 is 10.1 Å². The maximum absolute atomic E-state index is 12.3. The molecule has 0 aliphatic heterocycles. The van der Waals surface area contributed by atoms with Gasteiger partial charge in [0.05, 0.1) is 12.1 Å². The van der Waals surface area contributed by atoms with Gasteiger partial charge in [0.2, 0.25) is 0 Å². The second-order valence-corrected chi connectivity index (χ2v) is 5.61. The number of fused-ring (bicyclic) bond motifs is 1. The number of pyridine rings is 2. The Bertz CT molecular complexity index is 850. The molecule has 23 heavy (non-hydrogen) atoms. The van der Waals surface area contributed by atoms with E-state index < -0.39 is 0 Å². The molecule has 3 rings (SSSR count). The minimum Gasteiger partial charge on any atom is -0.497 e. The normalized spacial score (nSPS) is 10.5. The van der Waals surface area contributed by atoms with E-state index in [0.717, 1.165) is 10.4 Å². The van der Waals surface area contributed by atoms with Crippen LogP contribution in [-0.2, 0) is 0 Å². The molecule has 0 saturated carbocycles. The van der Waals surface area contributed by atoms with Crippen molar-refractivity contribution in [2.24, 2.45) is 0 Å². The lowest BCUT2D eigenvalue weighted by atomic mass is 10.2. The summed E-state index contributed by atoms with van der Waals surface area (Å²) in [5, 5.41) is 4.62.